The van der Waals surface area contributed by atoms with E-state index in [2.05, 4.69) is 479 Å². The topological polar surface area (TPSA) is 0 Å². The first kappa shape index (κ1) is 88.9. The molecular formula is C108H126Si. The molecule has 0 aliphatic rings. The molecule has 14 aromatic rings. The SMILES string of the molecule is Cc1ccc(-c2ccccc2)cc1.Cc1ccc(C(C)(C)C)cc1.Cc1ccc(C)cc1.Cc1ccc([Si](C)(C)C)cc1.Cc1cccc(-c2ccccc2)c1.Cc1cccc(C)c1.Cc1ccccc1.Cc1ccccc1-c1ccc(C(C)(C)C)cc1.Cc1ccccc1-c1ccccc1.Cc1ccccc1C. The molecule has 562 valence electrons. The summed E-state index contributed by atoms with van der Waals surface area (Å²) in [4.78, 5) is 0. The lowest BCUT2D eigenvalue weighted by Gasteiger charge is -2.19. The molecule has 0 heterocycles. The molecule has 14 aromatic carbocycles. The van der Waals surface area contributed by atoms with Crippen molar-refractivity contribution in [1.82, 2.24) is 0 Å². The molecule has 0 radical (unpaired) electrons. The van der Waals surface area contributed by atoms with Crippen LogP contribution in [0.2, 0.25) is 19.6 Å². The summed E-state index contributed by atoms with van der Waals surface area (Å²) in [6.45, 7) is 48.1. The standard InChI is InChI=1S/C17H20.3C13H12.C11H16.C10H16Si.3C8H10.C7H8/c1-13-7-5-6-8-16(13)14-9-11-15(12-10-14)17(2,3)4;1-11-7-5-6-10-13(11)12-8-3-2-4-9-12;1-11-6-5-9-13(10-11)12-7-3-2-4-8-12;1-11-7-9-13(10-8-11)12-5-3-2-4-6-12;2*1-9-5-7-10(8-6-9)11(2,3)4;1-7-3-5-8(2)6-4-7;1-7-4-3-5-8(2)6-7;1-7-5-3-4-6-8(7)2;1-7-5-3-2-4-6-7/h5-12H,1-4H3;3*2-10H,1H3;2*5-8H,1-4H3;3*3-6H,1-2H3;2-6H,1H3. The molecule has 0 aliphatic heterocycles. The zero-order valence-corrected chi connectivity index (χ0v) is 71.1. The van der Waals surface area contributed by atoms with Crippen LogP contribution in [0.15, 0.2) is 364 Å². The van der Waals surface area contributed by atoms with Gasteiger partial charge in [0.25, 0.3) is 0 Å². The van der Waals surface area contributed by atoms with Crippen molar-refractivity contribution in [1.29, 1.82) is 0 Å². The van der Waals surface area contributed by atoms with Gasteiger partial charge in [-0.25, -0.2) is 0 Å². The van der Waals surface area contributed by atoms with E-state index >= 15 is 0 Å². The second-order valence-electron chi connectivity index (χ2n) is 31.6. The first-order chi connectivity index (χ1) is 51.9. The van der Waals surface area contributed by atoms with E-state index in [1.165, 1.54) is 128 Å². The predicted octanol–water partition coefficient (Wildman–Crippen LogP) is 30.7. The molecule has 0 aliphatic carbocycles. The van der Waals surface area contributed by atoms with Gasteiger partial charge in [0.2, 0.25) is 0 Å². The van der Waals surface area contributed by atoms with Crippen molar-refractivity contribution in [3.63, 3.8) is 0 Å². The van der Waals surface area contributed by atoms with Gasteiger partial charge in [0.1, 0.15) is 0 Å². The average molecular weight is 1450 g/mol. The van der Waals surface area contributed by atoms with E-state index in [1.807, 2.05) is 36.4 Å². The van der Waals surface area contributed by atoms with Crippen LogP contribution < -0.4 is 5.19 Å². The van der Waals surface area contributed by atoms with Crippen LogP contribution in [0.1, 0.15) is 125 Å². The maximum Gasteiger partial charge on any atom is 0.0775 e. The molecule has 0 atom stereocenters. The molecule has 0 amide bonds. The summed E-state index contributed by atoms with van der Waals surface area (Å²) in [7, 11) is -1.06. The van der Waals surface area contributed by atoms with E-state index < -0.39 is 8.07 Å². The number of aryl methyl sites for hydroxylation is 13. The molecule has 1 heteroatoms. The van der Waals surface area contributed by atoms with Crippen LogP contribution >= 0.6 is 0 Å². The maximum absolute atomic E-state index is 2.37. The molecule has 0 fully saturated rings. The van der Waals surface area contributed by atoms with Gasteiger partial charge in [-0.1, -0.05) is 480 Å². The zero-order valence-electron chi connectivity index (χ0n) is 70.1. The minimum atomic E-state index is -1.06. The largest absolute Gasteiger partial charge is 0.0775 e. The Morgan fingerprint density at radius 1 is 0.174 bits per heavy atom. The maximum atomic E-state index is 2.37. The van der Waals surface area contributed by atoms with Crippen LogP contribution in [0.5, 0.6) is 0 Å². The summed E-state index contributed by atoms with van der Waals surface area (Å²) in [5, 5.41) is 1.54. The van der Waals surface area contributed by atoms with Gasteiger partial charge < -0.3 is 0 Å². The fourth-order valence-corrected chi connectivity index (χ4v) is 12.3. The Morgan fingerprint density at radius 2 is 0.404 bits per heavy atom. The van der Waals surface area contributed by atoms with Crippen LogP contribution in [0, 0.1) is 90.0 Å². The molecular weight excluding hydrogens is 1330 g/mol. The summed E-state index contributed by atoms with van der Waals surface area (Å²) in [5.41, 5.74) is 31.0. The third kappa shape index (κ3) is 35.3. The smallest absolute Gasteiger partial charge is 0.0656 e. The van der Waals surface area contributed by atoms with Crippen molar-refractivity contribution in [2.45, 2.75) is 162 Å². The highest BCUT2D eigenvalue weighted by Crippen LogP contribution is 2.29. The lowest BCUT2D eigenvalue weighted by atomic mass is 9.86. The molecule has 0 unspecified atom stereocenters. The summed E-state index contributed by atoms with van der Waals surface area (Å²) < 4.78 is 0. The van der Waals surface area contributed by atoms with Crippen LogP contribution in [0.25, 0.3) is 44.5 Å². The molecule has 0 N–H and O–H groups in total. The number of rotatable bonds is 5. The molecule has 0 nitrogen and oxygen atoms in total. The van der Waals surface area contributed by atoms with E-state index in [4.69, 9.17) is 0 Å². The molecule has 14 rings (SSSR count). The van der Waals surface area contributed by atoms with Gasteiger partial charge in [0.15, 0.2) is 0 Å². The van der Waals surface area contributed by atoms with Gasteiger partial charge in [0, 0.05) is 0 Å². The van der Waals surface area contributed by atoms with Gasteiger partial charge in [0.05, 0.1) is 8.07 Å². The van der Waals surface area contributed by atoms with E-state index in [0.29, 0.717) is 0 Å². The Balaban J connectivity index is 0.000000219. The summed E-state index contributed by atoms with van der Waals surface area (Å²) in [5.74, 6) is 0. The molecule has 109 heavy (non-hydrogen) atoms. The normalized spacial score (nSPS) is 10.3. The number of hydrogen-bond donors (Lipinski definition) is 0. The molecule has 0 saturated heterocycles. The van der Waals surface area contributed by atoms with Crippen molar-refractivity contribution >= 4 is 13.3 Å². The predicted molar refractivity (Wildman–Crippen MR) is 488 cm³/mol. The lowest BCUT2D eigenvalue weighted by molar-refractivity contribution is 0.590. The molecule has 0 spiro atoms. The highest BCUT2D eigenvalue weighted by atomic mass is 28.3. The van der Waals surface area contributed by atoms with E-state index in [1.54, 1.807) is 5.19 Å². The zero-order chi connectivity index (χ0) is 79.8. The molecule has 0 aromatic heterocycles. The second kappa shape index (κ2) is 46.5. The molecule has 0 saturated carbocycles. The summed E-state index contributed by atoms with van der Waals surface area (Å²) in [6, 6.07) is 128. The van der Waals surface area contributed by atoms with Crippen LogP contribution in [-0.2, 0) is 10.8 Å². The van der Waals surface area contributed by atoms with Gasteiger partial charge in [-0.2, -0.15) is 0 Å². The van der Waals surface area contributed by atoms with Crippen molar-refractivity contribution in [2.75, 3.05) is 0 Å². The highest BCUT2D eigenvalue weighted by Gasteiger charge is 2.16. The monoisotopic (exact) mass is 1450 g/mol. The number of benzene rings is 14. The van der Waals surface area contributed by atoms with E-state index in [9.17, 15) is 0 Å². The van der Waals surface area contributed by atoms with Gasteiger partial charge >= 0.3 is 0 Å². The Hall–Kier alpha value is -10.7. The van der Waals surface area contributed by atoms with Crippen LogP contribution in [0.4, 0.5) is 0 Å². The van der Waals surface area contributed by atoms with Crippen molar-refractivity contribution < 1.29 is 0 Å². The van der Waals surface area contributed by atoms with Crippen LogP contribution in [-0.4, -0.2) is 8.07 Å². The van der Waals surface area contributed by atoms with E-state index in [0.717, 1.165) is 0 Å². The molecule has 0 bridgehead atoms. The first-order valence-electron chi connectivity index (χ1n) is 38.6. The summed E-state index contributed by atoms with van der Waals surface area (Å²) in [6.07, 6.45) is 0. The van der Waals surface area contributed by atoms with Gasteiger partial charge in [-0.05, 0) is 179 Å². The Kier molecular flexibility index (Phi) is 37.9. The minimum absolute atomic E-state index is 0.226. The lowest BCUT2D eigenvalue weighted by Crippen LogP contribution is -2.37. The third-order valence-corrected chi connectivity index (χ3v) is 20.4. The minimum Gasteiger partial charge on any atom is -0.0656 e. The Labute approximate surface area is 662 Å². The van der Waals surface area contributed by atoms with Gasteiger partial charge in [-0.15, -0.1) is 0 Å². The Morgan fingerprint density at radius 3 is 0.716 bits per heavy atom. The number of hydrogen-bond acceptors (Lipinski definition) is 0. The third-order valence-electron chi connectivity index (χ3n) is 18.3. The van der Waals surface area contributed by atoms with Gasteiger partial charge in [-0.3, -0.25) is 0 Å². The average Bonchev–Trinajstić information content (AvgIpc) is 0.844. The van der Waals surface area contributed by atoms with Crippen LogP contribution in [0.3, 0.4) is 0 Å². The van der Waals surface area contributed by atoms with Crippen molar-refractivity contribution in [2.24, 2.45) is 0 Å². The quantitative estimate of drug-likeness (QED) is 0.151. The summed E-state index contributed by atoms with van der Waals surface area (Å²) >= 11 is 0. The second-order valence-corrected chi connectivity index (χ2v) is 36.7. The van der Waals surface area contributed by atoms with Crippen molar-refractivity contribution in [3.05, 3.63) is 447 Å². The first-order valence-corrected chi connectivity index (χ1v) is 42.1. The highest BCUT2D eigenvalue weighted by molar-refractivity contribution is 6.88. The fourth-order valence-electron chi connectivity index (χ4n) is 11.1. The van der Waals surface area contributed by atoms with Crippen molar-refractivity contribution in [3.8, 4) is 44.5 Å². The Bertz CT molecular complexity index is 4640. The fraction of sp³-hybridized carbons (Fsp3) is 0.222. The van der Waals surface area contributed by atoms with E-state index in [-0.39, 0.29) is 10.8 Å².